The van der Waals surface area contributed by atoms with E-state index in [4.69, 9.17) is 5.73 Å². The fourth-order valence-corrected chi connectivity index (χ4v) is 1.91. The maximum Gasteiger partial charge on any atom is 0.0769 e. The molecule has 0 aliphatic rings. The smallest absolute Gasteiger partial charge is 0.0769 e. The van der Waals surface area contributed by atoms with Crippen molar-refractivity contribution in [2.45, 2.75) is 13.0 Å². The number of rotatable bonds is 2. The zero-order valence-electron chi connectivity index (χ0n) is 7.17. The molecule has 1 heterocycles. The van der Waals surface area contributed by atoms with E-state index >= 15 is 0 Å². The molecule has 1 rings (SSSR count). The Morgan fingerprint density at radius 1 is 1.54 bits per heavy atom. The Morgan fingerprint density at radius 3 is 2.77 bits per heavy atom. The van der Waals surface area contributed by atoms with Gasteiger partial charge in [0.05, 0.1) is 5.69 Å². The third-order valence-corrected chi connectivity index (χ3v) is 2.46. The SMILES string of the molecule is CC(N)/C=C/c1ncc(Br)cc1Br. The van der Waals surface area contributed by atoms with E-state index in [1.807, 2.05) is 25.1 Å². The van der Waals surface area contributed by atoms with Crippen molar-refractivity contribution in [1.82, 2.24) is 4.98 Å². The van der Waals surface area contributed by atoms with Crippen LogP contribution in [-0.2, 0) is 0 Å². The van der Waals surface area contributed by atoms with E-state index in [1.165, 1.54) is 0 Å². The molecule has 70 valence electrons. The summed E-state index contributed by atoms with van der Waals surface area (Å²) in [6.07, 6.45) is 5.56. The minimum atomic E-state index is 0.0531. The predicted molar refractivity (Wildman–Crippen MR) is 62.3 cm³/mol. The number of nitrogens with zero attached hydrogens (tertiary/aromatic N) is 1. The maximum atomic E-state index is 5.58. The first-order chi connectivity index (χ1) is 6.09. The van der Waals surface area contributed by atoms with Crippen LogP contribution in [0.15, 0.2) is 27.3 Å². The van der Waals surface area contributed by atoms with E-state index < -0.39 is 0 Å². The third kappa shape index (κ3) is 3.58. The number of hydrogen-bond donors (Lipinski definition) is 1. The van der Waals surface area contributed by atoms with E-state index in [0.717, 1.165) is 14.6 Å². The van der Waals surface area contributed by atoms with Crippen molar-refractivity contribution in [2.24, 2.45) is 5.73 Å². The monoisotopic (exact) mass is 304 g/mol. The lowest BCUT2D eigenvalue weighted by Gasteiger charge is -1.99. The van der Waals surface area contributed by atoms with Crippen molar-refractivity contribution in [1.29, 1.82) is 0 Å². The summed E-state index contributed by atoms with van der Waals surface area (Å²) in [5, 5.41) is 0. The molecule has 1 aromatic rings. The van der Waals surface area contributed by atoms with Crippen molar-refractivity contribution in [3.05, 3.63) is 33.0 Å². The second-order valence-electron chi connectivity index (χ2n) is 2.74. The van der Waals surface area contributed by atoms with Crippen molar-refractivity contribution < 1.29 is 0 Å². The van der Waals surface area contributed by atoms with Crippen LogP contribution < -0.4 is 5.73 Å². The Hall–Kier alpha value is -0.190. The average Bonchev–Trinajstić information content (AvgIpc) is 2.02. The van der Waals surface area contributed by atoms with Gasteiger partial charge in [-0.15, -0.1) is 0 Å². The van der Waals surface area contributed by atoms with Gasteiger partial charge in [-0.3, -0.25) is 4.98 Å². The van der Waals surface area contributed by atoms with Gasteiger partial charge < -0.3 is 5.73 Å². The summed E-state index contributed by atoms with van der Waals surface area (Å²) in [5.41, 5.74) is 6.47. The highest BCUT2D eigenvalue weighted by atomic mass is 79.9. The molecule has 0 aliphatic carbocycles. The molecule has 0 saturated heterocycles. The summed E-state index contributed by atoms with van der Waals surface area (Å²) in [6.45, 7) is 1.92. The van der Waals surface area contributed by atoms with Crippen LogP contribution in [0.25, 0.3) is 6.08 Å². The Labute approximate surface area is 94.5 Å². The summed E-state index contributed by atoms with van der Waals surface area (Å²) in [4.78, 5) is 4.21. The largest absolute Gasteiger partial charge is 0.325 e. The fraction of sp³-hybridized carbons (Fsp3) is 0.222. The summed E-state index contributed by atoms with van der Waals surface area (Å²) in [7, 11) is 0. The first-order valence-corrected chi connectivity index (χ1v) is 5.43. The lowest BCUT2D eigenvalue weighted by molar-refractivity contribution is 0.930. The Balaban J connectivity index is 2.90. The van der Waals surface area contributed by atoms with E-state index in [-0.39, 0.29) is 6.04 Å². The van der Waals surface area contributed by atoms with Crippen LogP contribution in [0.1, 0.15) is 12.6 Å². The van der Waals surface area contributed by atoms with Crippen LogP contribution in [0.3, 0.4) is 0 Å². The maximum absolute atomic E-state index is 5.58. The summed E-state index contributed by atoms with van der Waals surface area (Å²) < 4.78 is 1.91. The molecule has 0 bridgehead atoms. The lowest BCUT2D eigenvalue weighted by atomic mass is 10.2. The zero-order valence-corrected chi connectivity index (χ0v) is 10.3. The molecule has 2 N–H and O–H groups in total. The second-order valence-corrected chi connectivity index (χ2v) is 4.51. The highest BCUT2D eigenvalue weighted by Crippen LogP contribution is 2.20. The molecular weight excluding hydrogens is 296 g/mol. The standard InChI is InChI=1S/C9H10Br2N2/c1-6(12)2-3-9-8(11)4-7(10)5-13-9/h2-6H,12H2,1H3/b3-2+. The van der Waals surface area contributed by atoms with E-state index in [2.05, 4.69) is 36.8 Å². The van der Waals surface area contributed by atoms with E-state index in [9.17, 15) is 0 Å². The van der Waals surface area contributed by atoms with Gasteiger partial charge in [-0.1, -0.05) is 6.08 Å². The molecule has 0 amide bonds. The molecule has 13 heavy (non-hydrogen) atoms. The summed E-state index contributed by atoms with van der Waals surface area (Å²) in [5.74, 6) is 0. The number of pyridine rings is 1. The highest BCUT2D eigenvalue weighted by Gasteiger charge is 1.98. The van der Waals surface area contributed by atoms with Crippen molar-refractivity contribution in [3.8, 4) is 0 Å². The van der Waals surface area contributed by atoms with Gasteiger partial charge in [0.25, 0.3) is 0 Å². The summed E-state index contributed by atoms with van der Waals surface area (Å²) >= 11 is 6.75. The van der Waals surface area contributed by atoms with Gasteiger partial charge in [0.15, 0.2) is 0 Å². The molecule has 2 nitrogen and oxygen atoms in total. The van der Waals surface area contributed by atoms with Crippen molar-refractivity contribution in [3.63, 3.8) is 0 Å². The molecule has 4 heteroatoms. The minimum absolute atomic E-state index is 0.0531. The third-order valence-electron chi connectivity index (χ3n) is 1.39. The van der Waals surface area contributed by atoms with E-state index in [0.29, 0.717) is 0 Å². The molecule has 1 atom stereocenters. The van der Waals surface area contributed by atoms with Crippen LogP contribution in [-0.4, -0.2) is 11.0 Å². The van der Waals surface area contributed by atoms with Crippen LogP contribution >= 0.6 is 31.9 Å². The van der Waals surface area contributed by atoms with Crippen LogP contribution in [0.5, 0.6) is 0 Å². The summed E-state index contributed by atoms with van der Waals surface area (Å²) in [6, 6.07) is 2.01. The molecule has 0 saturated carbocycles. The van der Waals surface area contributed by atoms with Crippen molar-refractivity contribution in [2.75, 3.05) is 0 Å². The quantitative estimate of drug-likeness (QED) is 0.912. The normalized spacial score (nSPS) is 13.5. The van der Waals surface area contributed by atoms with Gasteiger partial charge in [0.1, 0.15) is 0 Å². The Kier molecular flexibility index (Phi) is 4.09. The molecule has 0 aromatic carbocycles. The van der Waals surface area contributed by atoms with E-state index in [1.54, 1.807) is 6.20 Å². The number of halogens is 2. The van der Waals surface area contributed by atoms with Crippen molar-refractivity contribution >= 4 is 37.9 Å². The van der Waals surface area contributed by atoms with Crippen LogP contribution in [0, 0.1) is 0 Å². The molecule has 0 aliphatic heterocycles. The molecule has 1 unspecified atom stereocenters. The van der Waals surface area contributed by atoms with Crippen LogP contribution in [0.2, 0.25) is 0 Å². The van der Waals surface area contributed by atoms with Gasteiger partial charge in [0.2, 0.25) is 0 Å². The molecular formula is C9H10Br2N2. The average molecular weight is 306 g/mol. The lowest BCUT2D eigenvalue weighted by Crippen LogP contribution is -2.10. The Bertz CT molecular complexity index is 321. The minimum Gasteiger partial charge on any atom is -0.325 e. The van der Waals surface area contributed by atoms with Gasteiger partial charge >= 0.3 is 0 Å². The molecule has 0 radical (unpaired) electrons. The molecule has 1 aromatic heterocycles. The first-order valence-electron chi connectivity index (χ1n) is 3.84. The molecule has 0 fully saturated rings. The highest BCUT2D eigenvalue weighted by molar-refractivity contribution is 9.11. The van der Waals surface area contributed by atoms with Gasteiger partial charge in [-0.05, 0) is 50.9 Å². The van der Waals surface area contributed by atoms with Crippen LogP contribution in [0.4, 0.5) is 0 Å². The van der Waals surface area contributed by atoms with Gasteiger partial charge in [-0.25, -0.2) is 0 Å². The Morgan fingerprint density at radius 2 is 2.23 bits per heavy atom. The number of nitrogens with two attached hydrogens (primary N) is 1. The van der Waals surface area contributed by atoms with Gasteiger partial charge in [-0.2, -0.15) is 0 Å². The predicted octanol–water partition coefficient (Wildman–Crippen LogP) is 2.97. The zero-order chi connectivity index (χ0) is 9.84. The number of hydrogen-bond acceptors (Lipinski definition) is 2. The topological polar surface area (TPSA) is 38.9 Å². The number of aromatic nitrogens is 1. The fourth-order valence-electron chi connectivity index (χ4n) is 0.791. The molecule has 0 spiro atoms. The van der Waals surface area contributed by atoms with Gasteiger partial charge in [0, 0.05) is 21.2 Å². The second kappa shape index (κ2) is 4.88. The first kappa shape index (κ1) is 10.9.